The predicted molar refractivity (Wildman–Crippen MR) is 71.2 cm³/mol. The molecule has 3 aliphatic carbocycles. The number of carbonyl (C=O) groups excluding carboxylic acids is 1. The fourth-order valence-corrected chi connectivity index (χ4v) is 4.63. The summed E-state index contributed by atoms with van der Waals surface area (Å²) in [6.45, 7) is 2.71. The van der Waals surface area contributed by atoms with Crippen molar-refractivity contribution in [1.29, 1.82) is 0 Å². The van der Waals surface area contributed by atoms with Gasteiger partial charge in [0, 0.05) is 11.0 Å². The zero-order valence-electron chi connectivity index (χ0n) is 11.5. The van der Waals surface area contributed by atoms with Gasteiger partial charge in [-0.15, -0.1) is 0 Å². The van der Waals surface area contributed by atoms with Gasteiger partial charge < -0.3 is 15.6 Å². The summed E-state index contributed by atoms with van der Waals surface area (Å²) in [5, 5.41) is 9.67. The first-order chi connectivity index (χ1) is 9.04. The summed E-state index contributed by atoms with van der Waals surface area (Å²) in [4.78, 5) is 11.0. The van der Waals surface area contributed by atoms with Crippen LogP contribution in [-0.2, 0) is 9.53 Å². The summed E-state index contributed by atoms with van der Waals surface area (Å²) in [6, 6.07) is 0. The molecule has 4 rings (SSSR count). The van der Waals surface area contributed by atoms with E-state index < -0.39 is 0 Å². The highest BCUT2D eigenvalue weighted by Gasteiger charge is 2.70. The lowest BCUT2D eigenvalue weighted by Gasteiger charge is -2.59. The highest BCUT2D eigenvalue weighted by Crippen LogP contribution is 2.70. The molecule has 1 heterocycles. The molecule has 4 atom stereocenters. The van der Waals surface area contributed by atoms with Crippen LogP contribution in [-0.4, -0.2) is 29.8 Å². The van der Waals surface area contributed by atoms with E-state index in [4.69, 9.17) is 10.5 Å². The summed E-state index contributed by atoms with van der Waals surface area (Å²) < 4.78 is 6.01. The summed E-state index contributed by atoms with van der Waals surface area (Å²) in [5.74, 6) is 0.937. The average molecular weight is 265 g/mol. The Bertz CT molecular complexity index is 431. The number of fused-ring (bicyclic) bond motifs is 1. The molecule has 1 saturated heterocycles. The first-order valence-electron chi connectivity index (χ1n) is 7.25. The Morgan fingerprint density at radius 1 is 1.58 bits per heavy atom. The molecule has 4 nitrogen and oxygen atoms in total. The van der Waals surface area contributed by atoms with E-state index in [0.29, 0.717) is 11.5 Å². The van der Waals surface area contributed by atoms with Crippen LogP contribution in [0.4, 0.5) is 0 Å². The number of hydrogen-bond acceptors (Lipinski definition) is 3. The third kappa shape index (κ3) is 1.69. The van der Waals surface area contributed by atoms with E-state index in [0.717, 1.165) is 31.8 Å². The molecule has 106 valence electrons. The minimum Gasteiger partial charge on any atom is -0.393 e. The van der Waals surface area contributed by atoms with Gasteiger partial charge >= 0.3 is 0 Å². The van der Waals surface area contributed by atoms with Crippen LogP contribution in [0.15, 0.2) is 11.6 Å². The lowest BCUT2D eigenvalue weighted by molar-refractivity contribution is -0.141. The summed E-state index contributed by atoms with van der Waals surface area (Å²) >= 11 is 0. The van der Waals surface area contributed by atoms with E-state index in [1.165, 1.54) is 12.8 Å². The van der Waals surface area contributed by atoms with E-state index in [1.54, 1.807) is 6.92 Å². The summed E-state index contributed by atoms with van der Waals surface area (Å²) in [5.41, 5.74) is 5.90. The van der Waals surface area contributed by atoms with Crippen molar-refractivity contribution >= 4 is 5.91 Å². The zero-order chi connectivity index (χ0) is 13.7. The highest BCUT2D eigenvalue weighted by molar-refractivity contribution is 5.91. The number of primary amides is 1. The summed E-state index contributed by atoms with van der Waals surface area (Å²) in [7, 11) is 0. The van der Waals surface area contributed by atoms with Crippen LogP contribution in [0.1, 0.15) is 39.0 Å². The predicted octanol–water partition coefficient (Wildman–Crippen LogP) is 1.38. The van der Waals surface area contributed by atoms with Crippen molar-refractivity contribution in [2.75, 3.05) is 13.2 Å². The SMILES string of the molecule is CC(=CCCC12COC3(CO)CCC1CC32)C(N)=O. The largest absolute Gasteiger partial charge is 0.393 e. The van der Waals surface area contributed by atoms with Gasteiger partial charge in [-0.3, -0.25) is 4.79 Å². The maximum atomic E-state index is 11.0. The van der Waals surface area contributed by atoms with E-state index >= 15 is 0 Å². The standard InChI is InChI=1S/C15H23NO3/c1-10(13(16)18)3-2-5-14-9-19-15(8-17)6-4-11(14)7-12(14)15/h3,11-12,17H,2,4-9H2,1H3,(H2,16,18). The smallest absolute Gasteiger partial charge is 0.244 e. The molecule has 4 fully saturated rings. The second-order valence-electron chi connectivity index (χ2n) is 6.56. The van der Waals surface area contributed by atoms with Crippen LogP contribution in [0.3, 0.4) is 0 Å². The first-order valence-corrected chi connectivity index (χ1v) is 7.25. The molecule has 0 radical (unpaired) electrons. The molecule has 0 aromatic carbocycles. The number of carbonyl (C=O) groups is 1. The first kappa shape index (κ1) is 13.1. The number of hydrogen-bond donors (Lipinski definition) is 2. The van der Waals surface area contributed by atoms with Gasteiger partial charge in [0.15, 0.2) is 0 Å². The fraction of sp³-hybridized carbons (Fsp3) is 0.800. The van der Waals surface area contributed by atoms with Gasteiger partial charge in [-0.25, -0.2) is 0 Å². The quantitative estimate of drug-likeness (QED) is 0.738. The Kier molecular flexibility index (Phi) is 2.98. The molecule has 19 heavy (non-hydrogen) atoms. The minimum absolute atomic E-state index is 0.155. The van der Waals surface area contributed by atoms with Gasteiger partial charge in [-0.05, 0) is 50.9 Å². The maximum Gasteiger partial charge on any atom is 0.244 e. The van der Waals surface area contributed by atoms with E-state index in [9.17, 15) is 9.90 Å². The molecule has 4 heteroatoms. The van der Waals surface area contributed by atoms with Gasteiger partial charge in [0.05, 0.1) is 18.8 Å². The molecule has 4 bridgehead atoms. The van der Waals surface area contributed by atoms with Crippen molar-refractivity contribution in [3.8, 4) is 0 Å². The molecule has 1 aliphatic heterocycles. The fourth-order valence-electron chi connectivity index (χ4n) is 4.63. The third-order valence-corrected chi connectivity index (χ3v) is 5.92. The molecule has 1 amide bonds. The molecule has 3 N–H and O–H groups in total. The minimum atomic E-state index is -0.335. The van der Waals surface area contributed by atoms with Crippen LogP contribution in [0, 0.1) is 17.3 Å². The van der Waals surface area contributed by atoms with Crippen LogP contribution in [0.25, 0.3) is 0 Å². The number of allylic oxidation sites excluding steroid dienone is 1. The van der Waals surface area contributed by atoms with E-state index in [2.05, 4.69) is 0 Å². The van der Waals surface area contributed by atoms with E-state index in [-0.39, 0.29) is 23.5 Å². The second kappa shape index (κ2) is 4.32. The van der Waals surface area contributed by atoms with Crippen molar-refractivity contribution in [2.45, 2.75) is 44.6 Å². The molecule has 3 saturated carbocycles. The van der Waals surface area contributed by atoms with Gasteiger partial charge in [0.1, 0.15) is 0 Å². The molecule has 0 aromatic heterocycles. The number of amides is 1. The van der Waals surface area contributed by atoms with Crippen LogP contribution in [0.5, 0.6) is 0 Å². The molecular formula is C15H23NO3. The Labute approximate surface area is 114 Å². The van der Waals surface area contributed by atoms with Crippen molar-refractivity contribution in [3.05, 3.63) is 11.6 Å². The number of aliphatic hydroxyl groups excluding tert-OH is 1. The van der Waals surface area contributed by atoms with Crippen molar-refractivity contribution in [1.82, 2.24) is 0 Å². The van der Waals surface area contributed by atoms with Crippen molar-refractivity contribution in [3.63, 3.8) is 0 Å². The highest BCUT2D eigenvalue weighted by atomic mass is 16.5. The molecule has 0 aromatic rings. The number of nitrogens with two attached hydrogens (primary N) is 1. The van der Waals surface area contributed by atoms with Crippen LogP contribution >= 0.6 is 0 Å². The zero-order valence-corrected chi connectivity index (χ0v) is 11.5. The average Bonchev–Trinajstić information content (AvgIpc) is 2.57. The Morgan fingerprint density at radius 3 is 3.00 bits per heavy atom. The van der Waals surface area contributed by atoms with Gasteiger partial charge in [0.2, 0.25) is 5.91 Å². The number of ether oxygens (including phenoxy) is 1. The number of rotatable bonds is 5. The monoisotopic (exact) mass is 265 g/mol. The van der Waals surface area contributed by atoms with Gasteiger partial charge in [-0.2, -0.15) is 0 Å². The Morgan fingerprint density at radius 2 is 2.37 bits per heavy atom. The van der Waals surface area contributed by atoms with Gasteiger partial charge in [0.25, 0.3) is 0 Å². The van der Waals surface area contributed by atoms with Crippen molar-refractivity contribution < 1.29 is 14.6 Å². The van der Waals surface area contributed by atoms with Crippen LogP contribution in [0.2, 0.25) is 0 Å². The van der Waals surface area contributed by atoms with Crippen LogP contribution < -0.4 is 5.73 Å². The summed E-state index contributed by atoms with van der Waals surface area (Å²) in [6.07, 6.45) is 7.27. The molecule has 4 unspecified atom stereocenters. The maximum absolute atomic E-state index is 11.0. The third-order valence-electron chi connectivity index (χ3n) is 5.92. The lowest BCUT2D eigenvalue weighted by atomic mass is 9.43. The second-order valence-corrected chi connectivity index (χ2v) is 6.56. The van der Waals surface area contributed by atoms with E-state index in [1.807, 2.05) is 6.08 Å². The topological polar surface area (TPSA) is 72.6 Å². The van der Waals surface area contributed by atoms with Crippen molar-refractivity contribution in [2.24, 2.45) is 23.0 Å². The number of aliphatic hydroxyl groups is 1. The Hall–Kier alpha value is -0.870. The molecule has 0 spiro atoms. The Balaban J connectivity index is 1.69. The van der Waals surface area contributed by atoms with Gasteiger partial charge in [-0.1, -0.05) is 6.08 Å². The molecule has 4 aliphatic rings. The lowest BCUT2D eigenvalue weighted by Crippen LogP contribution is -2.59. The molecular weight excluding hydrogens is 242 g/mol. The normalized spacial score (nSPS) is 44.0.